The van der Waals surface area contributed by atoms with E-state index in [9.17, 15) is 0 Å². The minimum atomic E-state index is 0.666. The number of nitrogens with one attached hydrogen (secondary N) is 1. The fourth-order valence-electron chi connectivity index (χ4n) is 1.78. The van der Waals surface area contributed by atoms with Crippen LogP contribution in [-0.2, 0) is 4.74 Å². The van der Waals surface area contributed by atoms with E-state index >= 15 is 0 Å². The maximum Gasteiger partial charge on any atom is 0.161 e. The summed E-state index contributed by atoms with van der Waals surface area (Å²) in [6.07, 6.45) is 4.98. The number of hydrogen-bond donors (Lipinski definition) is 1. The Bertz CT molecular complexity index is 405. The molecule has 20 heavy (non-hydrogen) atoms. The number of hydrogen-bond acceptors (Lipinski definition) is 4. The van der Waals surface area contributed by atoms with Crippen molar-refractivity contribution >= 4 is 6.08 Å². The van der Waals surface area contributed by atoms with E-state index < -0.39 is 0 Å². The number of rotatable bonds is 10. The summed E-state index contributed by atoms with van der Waals surface area (Å²) in [5.74, 6) is 1.56. The molecule has 0 amide bonds. The van der Waals surface area contributed by atoms with E-state index in [-0.39, 0.29) is 0 Å². The molecule has 1 rings (SSSR count). The summed E-state index contributed by atoms with van der Waals surface area (Å²) in [5, 5.41) is 3.28. The lowest BCUT2D eigenvalue weighted by molar-refractivity contribution is 0.198. The smallest absolute Gasteiger partial charge is 0.161 e. The highest BCUT2D eigenvalue weighted by Crippen LogP contribution is 2.28. The Morgan fingerprint density at radius 2 is 1.95 bits per heavy atom. The standard InChI is InChI=1S/C16H25NO3/c1-4-6-14-7-8-15(16(13-14)19-3)20-11-5-9-17-10-12-18-2/h4,6-8,13,17H,5,9-12H2,1-3H3. The summed E-state index contributed by atoms with van der Waals surface area (Å²) in [7, 11) is 3.36. The van der Waals surface area contributed by atoms with Gasteiger partial charge in [-0.25, -0.2) is 0 Å². The first-order valence-corrected chi connectivity index (χ1v) is 6.95. The summed E-state index contributed by atoms with van der Waals surface area (Å²) in [4.78, 5) is 0. The number of methoxy groups -OCH3 is 2. The zero-order valence-corrected chi connectivity index (χ0v) is 12.6. The van der Waals surface area contributed by atoms with Gasteiger partial charge in [0.15, 0.2) is 11.5 Å². The minimum absolute atomic E-state index is 0.666. The van der Waals surface area contributed by atoms with Gasteiger partial charge in [-0.1, -0.05) is 18.2 Å². The zero-order valence-electron chi connectivity index (χ0n) is 12.6. The number of benzene rings is 1. The fourth-order valence-corrected chi connectivity index (χ4v) is 1.78. The summed E-state index contributed by atoms with van der Waals surface area (Å²) >= 11 is 0. The van der Waals surface area contributed by atoms with Crippen LogP contribution in [0.3, 0.4) is 0 Å². The van der Waals surface area contributed by atoms with E-state index in [1.54, 1.807) is 14.2 Å². The molecule has 0 aliphatic heterocycles. The first kappa shape index (κ1) is 16.5. The first-order valence-electron chi connectivity index (χ1n) is 6.95. The van der Waals surface area contributed by atoms with Gasteiger partial charge in [0.2, 0.25) is 0 Å². The monoisotopic (exact) mass is 279 g/mol. The van der Waals surface area contributed by atoms with Gasteiger partial charge >= 0.3 is 0 Å². The average molecular weight is 279 g/mol. The normalized spacial score (nSPS) is 10.9. The molecule has 4 nitrogen and oxygen atoms in total. The molecule has 0 spiro atoms. The third-order valence-electron chi connectivity index (χ3n) is 2.79. The van der Waals surface area contributed by atoms with E-state index in [4.69, 9.17) is 14.2 Å². The van der Waals surface area contributed by atoms with Crippen molar-refractivity contribution in [3.8, 4) is 11.5 Å². The highest BCUT2D eigenvalue weighted by molar-refractivity contribution is 5.55. The van der Waals surface area contributed by atoms with Crippen molar-refractivity contribution in [1.29, 1.82) is 0 Å². The molecule has 0 heterocycles. The minimum Gasteiger partial charge on any atom is -0.493 e. The molecule has 1 aromatic rings. The third kappa shape index (κ3) is 6.08. The van der Waals surface area contributed by atoms with Crippen LogP contribution in [0, 0.1) is 0 Å². The second-order valence-electron chi connectivity index (χ2n) is 4.36. The molecule has 0 bridgehead atoms. The van der Waals surface area contributed by atoms with Gasteiger partial charge in [0, 0.05) is 13.7 Å². The molecule has 1 aromatic carbocycles. The Morgan fingerprint density at radius 3 is 2.65 bits per heavy atom. The molecule has 0 aliphatic rings. The lowest BCUT2D eigenvalue weighted by atomic mass is 10.2. The fraction of sp³-hybridized carbons (Fsp3) is 0.500. The largest absolute Gasteiger partial charge is 0.493 e. The Kier molecular flexibility index (Phi) is 8.51. The van der Waals surface area contributed by atoms with E-state index in [2.05, 4.69) is 5.32 Å². The van der Waals surface area contributed by atoms with Crippen LogP contribution in [0.25, 0.3) is 6.08 Å². The van der Waals surface area contributed by atoms with Gasteiger partial charge in [0.25, 0.3) is 0 Å². The van der Waals surface area contributed by atoms with Gasteiger partial charge in [-0.3, -0.25) is 0 Å². The van der Waals surface area contributed by atoms with E-state index in [1.165, 1.54) is 0 Å². The van der Waals surface area contributed by atoms with Crippen molar-refractivity contribution in [3.05, 3.63) is 29.8 Å². The molecule has 0 saturated heterocycles. The predicted octanol–water partition coefficient (Wildman–Crippen LogP) is 2.73. The van der Waals surface area contributed by atoms with Gasteiger partial charge in [0.1, 0.15) is 0 Å². The maximum absolute atomic E-state index is 5.75. The number of allylic oxidation sites excluding steroid dienone is 1. The molecule has 0 aromatic heterocycles. The summed E-state index contributed by atoms with van der Waals surface area (Å²) in [5.41, 5.74) is 1.11. The van der Waals surface area contributed by atoms with Gasteiger partial charge < -0.3 is 19.5 Å². The Hall–Kier alpha value is -1.52. The van der Waals surface area contributed by atoms with Gasteiger partial charge in [-0.15, -0.1) is 0 Å². The average Bonchev–Trinajstić information content (AvgIpc) is 2.47. The van der Waals surface area contributed by atoms with E-state index in [1.807, 2.05) is 37.3 Å². The summed E-state index contributed by atoms with van der Waals surface area (Å²) < 4.78 is 16.1. The Morgan fingerprint density at radius 1 is 1.10 bits per heavy atom. The lowest BCUT2D eigenvalue weighted by Gasteiger charge is -2.11. The van der Waals surface area contributed by atoms with Crippen LogP contribution in [0.1, 0.15) is 18.9 Å². The zero-order chi connectivity index (χ0) is 14.6. The molecule has 0 unspecified atom stereocenters. The van der Waals surface area contributed by atoms with Crippen LogP contribution in [0.2, 0.25) is 0 Å². The quantitative estimate of drug-likeness (QED) is 0.669. The van der Waals surface area contributed by atoms with Crippen LogP contribution >= 0.6 is 0 Å². The van der Waals surface area contributed by atoms with Gasteiger partial charge in [-0.2, -0.15) is 0 Å². The van der Waals surface area contributed by atoms with Gasteiger partial charge in [-0.05, 0) is 37.6 Å². The molecule has 1 N–H and O–H groups in total. The van der Waals surface area contributed by atoms with Crippen LogP contribution in [0.5, 0.6) is 11.5 Å². The Balaban J connectivity index is 2.36. The van der Waals surface area contributed by atoms with Crippen molar-refractivity contribution in [2.45, 2.75) is 13.3 Å². The van der Waals surface area contributed by atoms with Crippen molar-refractivity contribution in [2.75, 3.05) is 40.5 Å². The molecule has 0 saturated carbocycles. The highest BCUT2D eigenvalue weighted by atomic mass is 16.5. The second-order valence-corrected chi connectivity index (χ2v) is 4.36. The molecule has 0 atom stereocenters. The lowest BCUT2D eigenvalue weighted by Crippen LogP contribution is -2.21. The van der Waals surface area contributed by atoms with Crippen LogP contribution in [0.4, 0.5) is 0 Å². The topological polar surface area (TPSA) is 39.7 Å². The SMILES string of the molecule is CC=Cc1ccc(OCCCNCCOC)c(OC)c1. The van der Waals surface area contributed by atoms with Crippen LogP contribution in [0.15, 0.2) is 24.3 Å². The molecule has 4 heteroatoms. The Labute approximate surface area is 121 Å². The van der Waals surface area contributed by atoms with Crippen molar-refractivity contribution < 1.29 is 14.2 Å². The third-order valence-corrected chi connectivity index (χ3v) is 2.79. The predicted molar refractivity (Wildman–Crippen MR) is 82.6 cm³/mol. The van der Waals surface area contributed by atoms with Gasteiger partial charge in [0.05, 0.1) is 20.3 Å². The van der Waals surface area contributed by atoms with Crippen molar-refractivity contribution in [3.63, 3.8) is 0 Å². The molecule has 0 aliphatic carbocycles. The number of ether oxygens (including phenoxy) is 3. The molecule has 112 valence electrons. The molecule has 0 fully saturated rings. The van der Waals surface area contributed by atoms with Crippen LogP contribution in [-0.4, -0.2) is 40.5 Å². The van der Waals surface area contributed by atoms with Crippen LogP contribution < -0.4 is 14.8 Å². The summed E-state index contributed by atoms with van der Waals surface area (Å²) in [6.45, 7) is 5.19. The second kappa shape index (κ2) is 10.3. The van der Waals surface area contributed by atoms with E-state index in [0.29, 0.717) is 6.61 Å². The molecular formula is C16H25NO3. The van der Waals surface area contributed by atoms with Crippen molar-refractivity contribution in [2.24, 2.45) is 0 Å². The molecule has 0 radical (unpaired) electrons. The maximum atomic E-state index is 5.75. The highest BCUT2D eigenvalue weighted by Gasteiger charge is 2.04. The first-order chi connectivity index (χ1) is 9.81. The van der Waals surface area contributed by atoms with E-state index in [0.717, 1.165) is 43.2 Å². The van der Waals surface area contributed by atoms with Crippen molar-refractivity contribution in [1.82, 2.24) is 5.32 Å². The summed E-state index contributed by atoms with van der Waals surface area (Å²) in [6, 6.07) is 5.95. The molecular weight excluding hydrogens is 254 g/mol.